The molecule has 0 saturated heterocycles. The highest BCUT2D eigenvalue weighted by atomic mass is 15.2. The lowest BCUT2D eigenvalue weighted by atomic mass is 9.33. The maximum absolute atomic E-state index is 2.68. The third-order valence-electron chi connectivity index (χ3n) is 16.1. The first-order chi connectivity index (χ1) is 31.0. The number of hydrogen-bond acceptors (Lipinski definition) is 2. The van der Waals surface area contributed by atoms with Crippen LogP contribution in [0, 0.1) is 20.8 Å². The molecule has 0 unspecified atom stereocenters. The second-order valence-corrected chi connectivity index (χ2v) is 24.4. The Kier molecular flexibility index (Phi) is 9.16. The van der Waals surface area contributed by atoms with Crippen molar-refractivity contribution in [2.24, 2.45) is 0 Å². The smallest absolute Gasteiger partial charge is 0.252 e. The molecule has 0 radical (unpaired) electrons. The van der Waals surface area contributed by atoms with Crippen LogP contribution in [0.5, 0.6) is 0 Å². The van der Waals surface area contributed by atoms with Gasteiger partial charge in [-0.25, -0.2) is 0 Å². The zero-order chi connectivity index (χ0) is 46.6. The predicted octanol–water partition coefficient (Wildman–Crippen LogP) is 15.2. The maximum Gasteiger partial charge on any atom is 0.252 e. The van der Waals surface area contributed by atoms with E-state index >= 15 is 0 Å². The standard InChI is InChI=1S/C63H67BN2/c1-38-15-19-41(20-16-38)43-29-44(42-21-17-39(2)18-22-42)31-47(30-43)66-54-26-23-45(59(4,5)6)32-52(54)64-53-34-50-51(63(13,14)37-62(50,11)12)35-55(53)65(56-27-40(3)28-57(66)58(56)64)46-24-25-48-49(33-46)61(9,10)36-60(48,7)8/h15-35H,36-37H2,1-14H3. The van der Waals surface area contributed by atoms with Crippen molar-refractivity contribution < 1.29 is 0 Å². The first-order valence-corrected chi connectivity index (χ1v) is 24.5. The van der Waals surface area contributed by atoms with Gasteiger partial charge in [0.15, 0.2) is 0 Å². The zero-order valence-corrected chi connectivity index (χ0v) is 42.0. The summed E-state index contributed by atoms with van der Waals surface area (Å²) in [5, 5.41) is 0. The summed E-state index contributed by atoms with van der Waals surface area (Å²) in [6, 6.07) is 50.5. The minimum atomic E-state index is -0.0291. The van der Waals surface area contributed by atoms with Gasteiger partial charge >= 0.3 is 0 Å². The third-order valence-corrected chi connectivity index (χ3v) is 16.1. The van der Waals surface area contributed by atoms with Crippen molar-refractivity contribution in [2.45, 2.75) is 137 Å². The van der Waals surface area contributed by atoms with E-state index in [1.165, 1.54) is 117 Å². The monoisotopic (exact) mass is 863 g/mol. The summed E-state index contributed by atoms with van der Waals surface area (Å²) in [5.74, 6) is 0. The van der Waals surface area contributed by atoms with Gasteiger partial charge in [0.2, 0.25) is 0 Å². The number of nitrogens with zero attached hydrogens (tertiary/aromatic N) is 2. The van der Waals surface area contributed by atoms with Crippen LogP contribution in [0.4, 0.5) is 34.1 Å². The van der Waals surface area contributed by atoms with E-state index in [2.05, 4.69) is 234 Å². The molecule has 66 heavy (non-hydrogen) atoms. The van der Waals surface area contributed by atoms with Gasteiger partial charge in [0.05, 0.1) is 0 Å². The highest BCUT2D eigenvalue weighted by Crippen LogP contribution is 2.55. The van der Waals surface area contributed by atoms with Crippen molar-refractivity contribution in [3.05, 3.63) is 172 Å². The SMILES string of the molecule is Cc1ccc(-c2cc(-c3ccc(C)cc3)cc(N3c4ccc(C(C)(C)C)cc4B4c5cc6c(cc5N(c5ccc7c(c5)C(C)(C)CC7(C)C)c5cc(C)cc3c54)C(C)(C)CC6(C)C)c2)cc1. The highest BCUT2D eigenvalue weighted by Gasteiger charge is 2.49. The van der Waals surface area contributed by atoms with Gasteiger partial charge < -0.3 is 9.80 Å². The minimum Gasteiger partial charge on any atom is -0.311 e. The average molecular weight is 863 g/mol. The van der Waals surface area contributed by atoms with Crippen LogP contribution in [-0.4, -0.2) is 6.71 Å². The number of fused-ring (bicyclic) bond motifs is 6. The molecule has 0 aromatic heterocycles. The Morgan fingerprint density at radius 3 is 1.42 bits per heavy atom. The fourth-order valence-corrected chi connectivity index (χ4v) is 13.3. The third kappa shape index (κ3) is 6.57. The number of rotatable bonds is 4. The predicted molar refractivity (Wildman–Crippen MR) is 286 cm³/mol. The molecule has 0 bridgehead atoms. The van der Waals surface area contributed by atoms with Crippen LogP contribution in [0.2, 0.25) is 0 Å². The van der Waals surface area contributed by atoms with E-state index in [9.17, 15) is 0 Å². The molecule has 2 aliphatic heterocycles. The normalized spacial score (nSPS) is 17.8. The van der Waals surface area contributed by atoms with E-state index < -0.39 is 0 Å². The summed E-state index contributed by atoms with van der Waals surface area (Å²) in [4.78, 5) is 5.30. The molecule has 4 aliphatic rings. The largest absolute Gasteiger partial charge is 0.311 e. The quantitative estimate of drug-likeness (QED) is 0.163. The highest BCUT2D eigenvalue weighted by molar-refractivity contribution is 7.00. The van der Waals surface area contributed by atoms with Gasteiger partial charge in [0.25, 0.3) is 6.71 Å². The molecule has 2 nitrogen and oxygen atoms in total. The fourth-order valence-electron chi connectivity index (χ4n) is 13.3. The van der Waals surface area contributed by atoms with E-state index in [-0.39, 0.29) is 33.8 Å². The van der Waals surface area contributed by atoms with Crippen LogP contribution in [0.15, 0.2) is 127 Å². The van der Waals surface area contributed by atoms with Crippen molar-refractivity contribution in [2.75, 3.05) is 9.80 Å². The molecule has 0 spiro atoms. The summed E-state index contributed by atoms with van der Waals surface area (Å²) in [6.45, 7) is 33.4. The molecule has 7 aromatic carbocycles. The lowest BCUT2D eigenvalue weighted by Gasteiger charge is -2.45. The second-order valence-electron chi connectivity index (χ2n) is 24.4. The molecule has 2 aliphatic carbocycles. The number of anilines is 6. The zero-order valence-electron chi connectivity index (χ0n) is 42.0. The second kappa shape index (κ2) is 14.1. The van der Waals surface area contributed by atoms with Crippen molar-refractivity contribution >= 4 is 57.2 Å². The summed E-state index contributed by atoms with van der Waals surface area (Å²) < 4.78 is 0. The molecular weight excluding hydrogens is 796 g/mol. The van der Waals surface area contributed by atoms with E-state index in [1.807, 2.05) is 0 Å². The van der Waals surface area contributed by atoms with Gasteiger partial charge in [-0.1, -0.05) is 160 Å². The fraction of sp³-hybridized carbons (Fsp3) is 0.333. The molecule has 0 fully saturated rings. The van der Waals surface area contributed by atoms with Crippen molar-refractivity contribution in [1.82, 2.24) is 0 Å². The van der Waals surface area contributed by atoms with Gasteiger partial charge in [-0.05, 0) is 187 Å². The lowest BCUT2D eigenvalue weighted by Crippen LogP contribution is -2.61. The number of hydrogen-bond donors (Lipinski definition) is 0. The number of benzene rings is 7. The Balaban J connectivity index is 1.24. The van der Waals surface area contributed by atoms with Crippen LogP contribution in [-0.2, 0) is 27.1 Å². The van der Waals surface area contributed by atoms with E-state index in [4.69, 9.17) is 0 Å². The van der Waals surface area contributed by atoms with Crippen LogP contribution in [0.1, 0.15) is 134 Å². The Bertz CT molecular complexity index is 3090. The number of aryl methyl sites for hydroxylation is 3. The molecule has 7 aromatic rings. The molecule has 332 valence electrons. The summed E-state index contributed by atoms with van der Waals surface area (Å²) >= 11 is 0. The Hall–Kier alpha value is -5.80. The van der Waals surface area contributed by atoms with E-state index in [0.29, 0.717) is 0 Å². The summed E-state index contributed by atoms with van der Waals surface area (Å²) in [7, 11) is 0. The first kappa shape index (κ1) is 42.8. The van der Waals surface area contributed by atoms with Crippen molar-refractivity contribution in [3.8, 4) is 22.3 Å². The molecule has 0 amide bonds. The lowest BCUT2D eigenvalue weighted by molar-refractivity contribution is 0.403. The van der Waals surface area contributed by atoms with Gasteiger partial charge in [-0.2, -0.15) is 0 Å². The van der Waals surface area contributed by atoms with Gasteiger partial charge in [-0.3, -0.25) is 0 Å². The molecular formula is C63H67BN2. The molecule has 3 heteroatoms. The Morgan fingerprint density at radius 2 is 0.879 bits per heavy atom. The van der Waals surface area contributed by atoms with Crippen LogP contribution < -0.4 is 26.2 Å². The van der Waals surface area contributed by atoms with Crippen LogP contribution in [0.3, 0.4) is 0 Å². The molecule has 0 N–H and O–H groups in total. The van der Waals surface area contributed by atoms with Crippen molar-refractivity contribution in [1.29, 1.82) is 0 Å². The average Bonchev–Trinajstić information content (AvgIpc) is 3.55. The molecule has 2 heterocycles. The molecule has 11 rings (SSSR count). The maximum atomic E-state index is 2.68. The molecule has 0 saturated carbocycles. The topological polar surface area (TPSA) is 6.48 Å². The van der Waals surface area contributed by atoms with Gasteiger partial charge in [-0.15, -0.1) is 0 Å². The van der Waals surface area contributed by atoms with E-state index in [1.54, 1.807) is 0 Å². The Labute approximate surface area is 396 Å². The van der Waals surface area contributed by atoms with Crippen molar-refractivity contribution in [3.63, 3.8) is 0 Å². The van der Waals surface area contributed by atoms with Crippen LogP contribution in [0.25, 0.3) is 22.3 Å². The minimum absolute atomic E-state index is 0.0291. The van der Waals surface area contributed by atoms with Gasteiger partial charge in [0.1, 0.15) is 0 Å². The van der Waals surface area contributed by atoms with Crippen LogP contribution >= 0.6 is 0 Å². The summed E-state index contributed by atoms with van der Waals surface area (Å²) in [5.41, 5.74) is 28.0. The first-order valence-electron chi connectivity index (χ1n) is 24.5. The Morgan fingerprint density at radius 1 is 0.394 bits per heavy atom. The summed E-state index contributed by atoms with van der Waals surface area (Å²) in [6.07, 6.45) is 2.27. The van der Waals surface area contributed by atoms with E-state index in [0.717, 1.165) is 12.8 Å². The molecule has 0 atom stereocenters. The van der Waals surface area contributed by atoms with Gasteiger partial charge in [0, 0.05) is 34.1 Å².